The van der Waals surface area contributed by atoms with Crippen LogP contribution in [0.15, 0.2) is 58.0 Å². The van der Waals surface area contributed by atoms with Crippen molar-refractivity contribution in [2.24, 2.45) is 5.10 Å². The van der Waals surface area contributed by atoms with Crippen molar-refractivity contribution in [1.29, 1.82) is 0 Å². The Morgan fingerprint density at radius 1 is 1.21 bits per heavy atom. The lowest BCUT2D eigenvalue weighted by Gasteiger charge is -1.95. The van der Waals surface area contributed by atoms with Gasteiger partial charge in [-0.1, -0.05) is 48.0 Å². The zero-order chi connectivity index (χ0) is 13.5. The van der Waals surface area contributed by atoms with E-state index in [0.717, 1.165) is 5.56 Å². The number of halogens is 1. The van der Waals surface area contributed by atoms with Crippen LogP contribution in [-0.4, -0.2) is 12.1 Å². The van der Waals surface area contributed by atoms with Crippen LogP contribution in [0.5, 0.6) is 0 Å². The molecule has 0 fully saturated rings. The average Bonchev–Trinajstić information content (AvgIpc) is 2.93. The van der Waals surface area contributed by atoms with Gasteiger partial charge in [0.05, 0.1) is 16.1 Å². The Bertz CT molecular complexity index is 591. The van der Waals surface area contributed by atoms with Gasteiger partial charge in [0.25, 0.3) is 5.91 Å². The predicted molar refractivity (Wildman–Crippen MR) is 80.5 cm³/mol. The zero-order valence-corrected chi connectivity index (χ0v) is 11.5. The van der Waals surface area contributed by atoms with Crippen molar-refractivity contribution in [1.82, 2.24) is 5.43 Å². The quantitative estimate of drug-likeness (QED) is 0.676. The number of hydrazone groups is 1. The lowest BCUT2D eigenvalue weighted by Crippen LogP contribution is -2.15. The molecule has 0 unspecified atom stereocenters. The molecule has 19 heavy (non-hydrogen) atoms. The van der Waals surface area contributed by atoms with Crippen molar-refractivity contribution in [3.63, 3.8) is 0 Å². The molecule has 0 saturated carbocycles. The molecule has 0 radical (unpaired) electrons. The van der Waals surface area contributed by atoms with Crippen LogP contribution in [0.1, 0.15) is 15.2 Å². The second-order valence-corrected chi connectivity index (χ2v) is 5.00. The van der Waals surface area contributed by atoms with Gasteiger partial charge in [-0.05, 0) is 23.1 Å². The maximum Gasteiger partial charge on any atom is 0.281 e. The molecule has 0 spiro atoms. The molecule has 0 aliphatic heterocycles. The van der Waals surface area contributed by atoms with Crippen LogP contribution in [0.2, 0.25) is 0 Å². The average molecular weight is 291 g/mol. The van der Waals surface area contributed by atoms with E-state index in [2.05, 4.69) is 10.5 Å². The predicted octanol–water partition coefficient (Wildman–Crippen LogP) is 3.74. The fourth-order valence-corrected chi connectivity index (χ4v) is 2.15. The Hall–Kier alpha value is -1.91. The molecule has 3 nitrogen and oxygen atoms in total. The fourth-order valence-electron chi connectivity index (χ4n) is 1.36. The van der Waals surface area contributed by atoms with Crippen molar-refractivity contribution in [2.75, 3.05) is 0 Å². The summed E-state index contributed by atoms with van der Waals surface area (Å²) in [6.07, 6.45) is 3.17. The van der Waals surface area contributed by atoms with Crippen molar-refractivity contribution in [3.8, 4) is 0 Å². The molecule has 96 valence electrons. The molecule has 0 bridgehead atoms. The van der Waals surface area contributed by atoms with Crippen LogP contribution in [0.4, 0.5) is 0 Å². The van der Waals surface area contributed by atoms with E-state index in [1.165, 1.54) is 17.6 Å². The maximum absolute atomic E-state index is 11.6. The van der Waals surface area contributed by atoms with Crippen LogP contribution in [0, 0.1) is 0 Å². The van der Waals surface area contributed by atoms with Gasteiger partial charge >= 0.3 is 0 Å². The highest BCUT2D eigenvalue weighted by molar-refractivity contribution is 7.12. The van der Waals surface area contributed by atoms with Crippen LogP contribution in [0.25, 0.3) is 6.08 Å². The van der Waals surface area contributed by atoms with E-state index in [0.29, 0.717) is 9.91 Å². The maximum atomic E-state index is 11.6. The molecule has 1 aromatic carbocycles. The van der Waals surface area contributed by atoms with Gasteiger partial charge in [-0.3, -0.25) is 4.79 Å². The summed E-state index contributed by atoms with van der Waals surface area (Å²) in [6.45, 7) is 0. The molecule has 2 rings (SSSR count). The molecule has 2 aromatic rings. The summed E-state index contributed by atoms with van der Waals surface area (Å²) in [4.78, 5) is 12.2. The number of hydrogen-bond acceptors (Lipinski definition) is 3. The number of nitrogens with zero attached hydrogens (tertiary/aromatic N) is 1. The van der Waals surface area contributed by atoms with Gasteiger partial charge in [0.1, 0.15) is 0 Å². The first-order chi connectivity index (χ1) is 9.25. The molecule has 0 saturated heterocycles. The van der Waals surface area contributed by atoms with Gasteiger partial charge in [0, 0.05) is 0 Å². The molecular formula is C14H11ClN2OS. The normalized spacial score (nSPS) is 11.7. The number of nitrogens with one attached hydrogen (secondary N) is 1. The van der Waals surface area contributed by atoms with Crippen LogP contribution in [-0.2, 0) is 0 Å². The summed E-state index contributed by atoms with van der Waals surface area (Å²) in [7, 11) is 0. The SMILES string of the molecule is O=C(N/N=C\C(Cl)=C/c1ccccc1)c1cccs1. The number of allylic oxidation sites excluding steroid dienone is 1. The van der Waals surface area contributed by atoms with Gasteiger partial charge in [0.15, 0.2) is 0 Å². The van der Waals surface area contributed by atoms with Gasteiger partial charge < -0.3 is 0 Å². The highest BCUT2D eigenvalue weighted by Gasteiger charge is 2.03. The molecule has 0 atom stereocenters. The third-order valence-electron chi connectivity index (χ3n) is 2.20. The first-order valence-corrected chi connectivity index (χ1v) is 6.80. The monoisotopic (exact) mass is 290 g/mol. The Kier molecular flexibility index (Phi) is 4.89. The Balaban J connectivity index is 1.92. The summed E-state index contributed by atoms with van der Waals surface area (Å²) in [5.74, 6) is -0.240. The number of amides is 1. The van der Waals surface area contributed by atoms with Crippen molar-refractivity contribution in [2.45, 2.75) is 0 Å². The van der Waals surface area contributed by atoms with Crippen molar-refractivity contribution in [3.05, 3.63) is 63.3 Å². The molecular weight excluding hydrogens is 280 g/mol. The Morgan fingerprint density at radius 3 is 2.68 bits per heavy atom. The topological polar surface area (TPSA) is 41.5 Å². The standard InChI is InChI=1S/C14H11ClN2OS/c15-12(9-11-5-2-1-3-6-11)10-16-17-14(18)13-7-4-8-19-13/h1-10H,(H,17,18)/b12-9+,16-10-. The van der Waals surface area contributed by atoms with Gasteiger partial charge in [-0.15, -0.1) is 11.3 Å². The van der Waals surface area contributed by atoms with E-state index >= 15 is 0 Å². The third kappa shape index (κ3) is 4.35. The highest BCUT2D eigenvalue weighted by Crippen LogP contribution is 2.09. The zero-order valence-electron chi connectivity index (χ0n) is 9.92. The second kappa shape index (κ2) is 6.87. The summed E-state index contributed by atoms with van der Waals surface area (Å²) in [5, 5.41) is 6.08. The van der Waals surface area contributed by atoms with Crippen LogP contribution in [0.3, 0.4) is 0 Å². The Morgan fingerprint density at radius 2 is 2.00 bits per heavy atom. The largest absolute Gasteiger partial charge is 0.281 e. The molecule has 1 aromatic heterocycles. The second-order valence-electron chi connectivity index (χ2n) is 3.62. The van der Waals surface area contributed by atoms with E-state index < -0.39 is 0 Å². The summed E-state index contributed by atoms with van der Waals surface area (Å²) in [6, 6.07) is 13.2. The van der Waals surface area contributed by atoms with E-state index in [9.17, 15) is 4.79 Å². The lowest BCUT2D eigenvalue weighted by molar-refractivity contribution is 0.0959. The summed E-state index contributed by atoms with van der Waals surface area (Å²) >= 11 is 7.35. The third-order valence-corrected chi connectivity index (χ3v) is 3.28. The minimum Gasteiger partial charge on any atom is -0.266 e. The molecule has 5 heteroatoms. The number of thiophene rings is 1. The van der Waals surface area contributed by atoms with Gasteiger partial charge in [0.2, 0.25) is 0 Å². The minimum atomic E-state index is -0.240. The fraction of sp³-hybridized carbons (Fsp3) is 0. The van der Waals surface area contributed by atoms with E-state index in [4.69, 9.17) is 11.6 Å². The molecule has 0 aliphatic rings. The molecule has 1 heterocycles. The van der Waals surface area contributed by atoms with E-state index in [1.54, 1.807) is 12.1 Å². The number of rotatable bonds is 4. The van der Waals surface area contributed by atoms with Crippen LogP contribution >= 0.6 is 22.9 Å². The molecule has 1 N–H and O–H groups in total. The van der Waals surface area contributed by atoms with Crippen molar-refractivity contribution >= 4 is 41.1 Å². The number of hydrogen-bond donors (Lipinski definition) is 1. The summed E-state index contributed by atoms with van der Waals surface area (Å²) in [5.41, 5.74) is 3.39. The number of benzene rings is 1. The first-order valence-electron chi connectivity index (χ1n) is 5.55. The first kappa shape index (κ1) is 13.5. The van der Waals surface area contributed by atoms with E-state index in [1.807, 2.05) is 41.8 Å². The van der Waals surface area contributed by atoms with Gasteiger partial charge in [-0.25, -0.2) is 5.43 Å². The minimum absolute atomic E-state index is 0.240. The molecule has 1 amide bonds. The molecule has 0 aliphatic carbocycles. The highest BCUT2D eigenvalue weighted by atomic mass is 35.5. The van der Waals surface area contributed by atoms with Crippen LogP contribution < -0.4 is 5.43 Å². The lowest BCUT2D eigenvalue weighted by atomic mass is 10.2. The summed E-state index contributed by atoms with van der Waals surface area (Å²) < 4.78 is 0. The number of carbonyl (C=O) groups excluding carboxylic acids is 1. The van der Waals surface area contributed by atoms with Crippen molar-refractivity contribution < 1.29 is 4.79 Å². The Labute approximate surface area is 120 Å². The van der Waals surface area contributed by atoms with Gasteiger partial charge in [-0.2, -0.15) is 5.10 Å². The van der Waals surface area contributed by atoms with E-state index in [-0.39, 0.29) is 5.91 Å². The number of carbonyl (C=O) groups is 1. The smallest absolute Gasteiger partial charge is 0.266 e.